The van der Waals surface area contributed by atoms with Crippen LogP contribution in [0.2, 0.25) is 0 Å². The zero-order valence-corrected chi connectivity index (χ0v) is 11.3. The van der Waals surface area contributed by atoms with Crippen LogP contribution in [0, 0.1) is 0 Å². The van der Waals surface area contributed by atoms with Gasteiger partial charge in [-0.1, -0.05) is 0 Å². The van der Waals surface area contributed by atoms with E-state index in [1.807, 2.05) is 0 Å². The molecule has 8 heteroatoms. The first-order valence-electron chi connectivity index (χ1n) is 6.60. The lowest BCUT2D eigenvalue weighted by atomic mass is 10.2. The highest BCUT2D eigenvalue weighted by Gasteiger charge is 2.40. The topological polar surface area (TPSA) is 110 Å². The predicted octanol–water partition coefficient (Wildman–Crippen LogP) is -1.16. The standard InChI is InChI=1S/C12H19N3O5/c1-14(6-10(17)13-7-2-3-7)12(20)15-5-8(16)4-9(15)11(18)19/h7-9,16H,2-6H2,1H3,(H,13,17)(H,18,19)/t8-,9+/m1/s1. The summed E-state index contributed by atoms with van der Waals surface area (Å²) in [6.07, 6.45) is 1.10. The fraction of sp³-hybridized carbons (Fsp3) is 0.750. The van der Waals surface area contributed by atoms with Crippen LogP contribution < -0.4 is 5.32 Å². The summed E-state index contributed by atoms with van der Waals surface area (Å²) >= 11 is 0. The Morgan fingerprint density at radius 2 is 2.00 bits per heavy atom. The number of carbonyl (C=O) groups is 3. The third-order valence-corrected chi connectivity index (χ3v) is 3.46. The van der Waals surface area contributed by atoms with Crippen molar-refractivity contribution >= 4 is 17.9 Å². The monoisotopic (exact) mass is 285 g/mol. The van der Waals surface area contributed by atoms with Crippen LogP contribution in [0.3, 0.4) is 0 Å². The number of urea groups is 1. The zero-order chi connectivity index (χ0) is 14.9. The highest BCUT2D eigenvalue weighted by molar-refractivity contribution is 5.87. The van der Waals surface area contributed by atoms with Gasteiger partial charge in [0.1, 0.15) is 12.6 Å². The Kier molecular flexibility index (Phi) is 4.12. The van der Waals surface area contributed by atoms with E-state index < -0.39 is 24.1 Å². The van der Waals surface area contributed by atoms with Gasteiger partial charge in [-0.25, -0.2) is 9.59 Å². The molecule has 1 aliphatic carbocycles. The van der Waals surface area contributed by atoms with Gasteiger partial charge in [0, 0.05) is 26.1 Å². The molecule has 0 unspecified atom stereocenters. The number of β-amino-alcohol motifs (C(OH)–C–C–N with tert-alkyl or cyclic N) is 1. The van der Waals surface area contributed by atoms with Crippen molar-refractivity contribution in [3.8, 4) is 0 Å². The Morgan fingerprint density at radius 1 is 1.35 bits per heavy atom. The maximum absolute atomic E-state index is 12.1. The van der Waals surface area contributed by atoms with Crippen molar-refractivity contribution in [1.82, 2.24) is 15.1 Å². The second-order valence-electron chi connectivity index (χ2n) is 5.38. The molecule has 3 N–H and O–H groups in total. The molecule has 1 aliphatic heterocycles. The molecule has 2 rings (SSSR count). The number of likely N-dealkylation sites (tertiary alicyclic amines) is 1. The lowest BCUT2D eigenvalue weighted by Crippen LogP contribution is -2.49. The summed E-state index contributed by atoms with van der Waals surface area (Å²) < 4.78 is 0. The van der Waals surface area contributed by atoms with Crippen molar-refractivity contribution in [3.05, 3.63) is 0 Å². The minimum absolute atomic E-state index is 0.0170. The molecule has 1 heterocycles. The van der Waals surface area contributed by atoms with Crippen LogP contribution in [0.4, 0.5) is 4.79 Å². The second kappa shape index (κ2) is 5.66. The van der Waals surface area contributed by atoms with Gasteiger partial charge in [0.2, 0.25) is 5.91 Å². The molecule has 8 nitrogen and oxygen atoms in total. The summed E-state index contributed by atoms with van der Waals surface area (Å²) in [7, 11) is 1.44. The third-order valence-electron chi connectivity index (χ3n) is 3.46. The van der Waals surface area contributed by atoms with Crippen molar-refractivity contribution in [2.24, 2.45) is 0 Å². The number of likely N-dealkylation sites (N-methyl/N-ethyl adjacent to an activating group) is 1. The number of aliphatic carboxylic acids is 1. The summed E-state index contributed by atoms with van der Waals surface area (Å²) in [5, 5.41) is 21.3. The van der Waals surface area contributed by atoms with Gasteiger partial charge in [-0.3, -0.25) is 4.79 Å². The molecule has 1 saturated carbocycles. The largest absolute Gasteiger partial charge is 0.480 e. The number of carbonyl (C=O) groups excluding carboxylic acids is 2. The number of carboxylic acids is 1. The minimum atomic E-state index is -1.15. The summed E-state index contributed by atoms with van der Waals surface area (Å²) in [4.78, 5) is 37.1. The number of nitrogens with one attached hydrogen (secondary N) is 1. The lowest BCUT2D eigenvalue weighted by molar-refractivity contribution is -0.141. The molecule has 0 aromatic carbocycles. The first-order chi connectivity index (χ1) is 9.38. The first-order valence-corrected chi connectivity index (χ1v) is 6.60. The molecular weight excluding hydrogens is 266 g/mol. The summed E-state index contributed by atoms with van der Waals surface area (Å²) in [6, 6.07) is -1.38. The molecular formula is C12H19N3O5. The van der Waals surface area contributed by atoms with Crippen molar-refractivity contribution in [3.63, 3.8) is 0 Å². The van der Waals surface area contributed by atoms with Gasteiger partial charge in [-0.15, -0.1) is 0 Å². The summed E-state index contributed by atoms with van der Waals surface area (Å²) in [6.45, 7) is -0.140. The van der Waals surface area contributed by atoms with Gasteiger partial charge in [0.25, 0.3) is 0 Å². The first kappa shape index (κ1) is 14.6. The minimum Gasteiger partial charge on any atom is -0.480 e. The van der Waals surface area contributed by atoms with E-state index in [4.69, 9.17) is 5.11 Å². The SMILES string of the molecule is CN(CC(=O)NC1CC1)C(=O)N1C[C@H](O)C[C@H]1C(=O)O. The zero-order valence-electron chi connectivity index (χ0n) is 11.3. The molecule has 1 saturated heterocycles. The van der Waals surface area contributed by atoms with E-state index in [1.54, 1.807) is 0 Å². The molecule has 112 valence electrons. The normalized spacial score (nSPS) is 25.4. The average Bonchev–Trinajstić information content (AvgIpc) is 3.07. The number of hydrogen-bond acceptors (Lipinski definition) is 4. The van der Waals surface area contributed by atoms with E-state index in [0.717, 1.165) is 17.7 Å². The molecule has 0 radical (unpaired) electrons. The van der Waals surface area contributed by atoms with Gasteiger partial charge >= 0.3 is 12.0 Å². The van der Waals surface area contributed by atoms with E-state index in [2.05, 4.69) is 5.32 Å². The molecule has 2 fully saturated rings. The summed E-state index contributed by atoms with van der Waals surface area (Å²) in [5.74, 6) is -1.40. The van der Waals surface area contributed by atoms with Crippen LogP contribution in [0.5, 0.6) is 0 Å². The maximum atomic E-state index is 12.1. The maximum Gasteiger partial charge on any atom is 0.326 e. The van der Waals surface area contributed by atoms with Gasteiger partial charge in [-0.05, 0) is 12.8 Å². The number of amides is 3. The number of nitrogens with zero attached hydrogens (tertiary/aromatic N) is 2. The third kappa shape index (κ3) is 3.38. The average molecular weight is 285 g/mol. The van der Waals surface area contributed by atoms with E-state index in [9.17, 15) is 19.5 Å². The van der Waals surface area contributed by atoms with Crippen molar-refractivity contribution in [2.45, 2.75) is 37.5 Å². The van der Waals surface area contributed by atoms with Crippen molar-refractivity contribution in [1.29, 1.82) is 0 Å². The molecule has 0 bridgehead atoms. The molecule has 20 heavy (non-hydrogen) atoms. The number of aliphatic hydroxyl groups excluding tert-OH is 1. The van der Waals surface area contributed by atoms with Crippen molar-refractivity contribution in [2.75, 3.05) is 20.1 Å². The van der Waals surface area contributed by atoms with Gasteiger partial charge in [0.05, 0.1) is 6.10 Å². The van der Waals surface area contributed by atoms with E-state index in [-0.39, 0.29) is 31.5 Å². The number of carboxylic acid groups (broad SMARTS) is 1. The summed E-state index contributed by atoms with van der Waals surface area (Å²) in [5.41, 5.74) is 0. The molecule has 3 amide bonds. The molecule has 2 atom stereocenters. The van der Waals surface area contributed by atoms with Crippen LogP contribution in [-0.4, -0.2) is 76.2 Å². The quantitative estimate of drug-likeness (QED) is 0.603. The Morgan fingerprint density at radius 3 is 2.55 bits per heavy atom. The van der Waals surface area contributed by atoms with Crippen LogP contribution in [0.25, 0.3) is 0 Å². The van der Waals surface area contributed by atoms with Gasteiger partial charge < -0.3 is 25.3 Å². The van der Waals surface area contributed by atoms with Crippen LogP contribution in [0.15, 0.2) is 0 Å². The number of rotatable bonds is 4. The Balaban J connectivity index is 1.91. The Labute approximate surface area is 116 Å². The fourth-order valence-corrected chi connectivity index (χ4v) is 2.26. The highest BCUT2D eigenvalue weighted by Crippen LogP contribution is 2.20. The molecule has 0 aromatic rings. The smallest absolute Gasteiger partial charge is 0.326 e. The highest BCUT2D eigenvalue weighted by atomic mass is 16.4. The van der Waals surface area contributed by atoms with E-state index in [0.29, 0.717) is 0 Å². The molecule has 0 aromatic heterocycles. The van der Waals surface area contributed by atoms with Crippen molar-refractivity contribution < 1.29 is 24.6 Å². The second-order valence-corrected chi connectivity index (χ2v) is 5.38. The van der Waals surface area contributed by atoms with Crippen LogP contribution >= 0.6 is 0 Å². The lowest BCUT2D eigenvalue weighted by Gasteiger charge is -2.27. The van der Waals surface area contributed by atoms with Crippen LogP contribution in [0.1, 0.15) is 19.3 Å². The predicted molar refractivity (Wildman–Crippen MR) is 67.9 cm³/mol. The van der Waals surface area contributed by atoms with Crippen LogP contribution in [-0.2, 0) is 9.59 Å². The number of aliphatic hydroxyl groups is 1. The molecule has 0 spiro atoms. The fourth-order valence-electron chi connectivity index (χ4n) is 2.26. The Bertz CT molecular complexity index is 423. The van der Waals surface area contributed by atoms with Gasteiger partial charge in [-0.2, -0.15) is 0 Å². The number of hydrogen-bond donors (Lipinski definition) is 3. The molecule has 2 aliphatic rings. The van der Waals surface area contributed by atoms with Gasteiger partial charge in [0.15, 0.2) is 0 Å². The van der Waals surface area contributed by atoms with E-state index in [1.165, 1.54) is 11.9 Å². The Hall–Kier alpha value is -1.83. The van der Waals surface area contributed by atoms with E-state index >= 15 is 0 Å².